The summed E-state index contributed by atoms with van der Waals surface area (Å²) in [7, 11) is 0. The molecule has 1 nitrogen and oxygen atoms in total. The quantitative estimate of drug-likeness (QED) is 0.422. The van der Waals surface area contributed by atoms with Crippen molar-refractivity contribution >= 4 is 5.94 Å². The van der Waals surface area contributed by atoms with Crippen molar-refractivity contribution in [2.75, 3.05) is 0 Å². The highest BCUT2D eigenvalue weighted by Gasteiger charge is 2.17. The monoisotopic (exact) mass is 224 g/mol. The van der Waals surface area contributed by atoms with Crippen LogP contribution < -0.4 is 0 Å². The average molecular weight is 224 g/mol. The third-order valence-electron chi connectivity index (χ3n) is 3.06. The van der Waals surface area contributed by atoms with Crippen LogP contribution in [0.3, 0.4) is 0 Å². The van der Waals surface area contributed by atoms with Crippen LogP contribution in [0.15, 0.2) is 5.57 Å². The van der Waals surface area contributed by atoms with E-state index < -0.39 is 0 Å². The van der Waals surface area contributed by atoms with Crippen LogP contribution in [-0.2, 0) is 4.79 Å². The van der Waals surface area contributed by atoms with E-state index in [0.717, 1.165) is 18.4 Å². The van der Waals surface area contributed by atoms with Crippen LogP contribution in [0.1, 0.15) is 79.1 Å². The summed E-state index contributed by atoms with van der Waals surface area (Å²) in [6.07, 6.45) is 10.0. The highest BCUT2D eigenvalue weighted by atomic mass is 16.1. The van der Waals surface area contributed by atoms with Gasteiger partial charge < -0.3 is 0 Å². The fourth-order valence-corrected chi connectivity index (χ4v) is 1.84. The van der Waals surface area contributed by atoms with Crippen molar-refractivity contribution in [3.05, 3.63) is 5.57 Å². The van der Waals surface area contributed by atoms with Crippen molar-refractivity contribution < 1.29 is 4.79 Å². The predicted molar refractivity (Wildman–Crippen MR) is 71.3 cm³/mol. The van der Waals surface area contributed by atoms with E-state index in [0.29, 0.717) is 0 Å². The van der Waals surface area contributed by atoms with Crippen LogP contribution in [0.5, 0.6) is 0 Å². The summed E-state index contributed by atoms with van der Waals surface area (Å²) in [5.74, 6) is 2.12. The SMILES string of the molecule is CCCCCCCCCC(=C=O)C(C)(C)C. The molecule has 0 spiro atoms. The van der Waals surface area contributed by atoms with E-state index in [1.165, 1.54) is 38.5 Å². The number of allylic oxidation sites excluding steroid dienone is 1. The van der Waals surface area contributed by atoms with Gasteiger partial charge in [-0.3, -0.25) is 0 Å². The number of hydrogen-bond donors (Lipinski definition) is 0. The lowest BCUT2D eigenvalue weighted by Crippen LogP contribution is -2.10. The molecule has 0 atom stereocenters. The molecule has 0 rings (SSSR count). The second-order valence-electron chi connectivity index (χ2n) is 5.70. The average Bonchev–Trinajstić information content (AvgIpc) is 2.20. The van der Waals surface area contributed by atoms with Crippen molar-refractivity contribution in [2.24, 2.45) is 5.41 Å². The van der Waals surface area contributed by atoms with E-state index in [1.54, 1.807) is 0 Å². The van der Waals surface area contributed by atoms with Crippen LogP contribution in [-0.4, -0.2) is 5.94 Å². The Bertz CT molecular complexity index is 216. The lowest BCUT2D eigenvalue weighted by Gasteiger charge is -2.19. The molecule has 0 aromatic heterocycles. The van der Waals surface area contributed by atoms with E-state index in [1.807, 2.05) is 0 Å². The van der Waals surface area contributed by atoms with Crippen LogP contribution >= 0.6 is 0 Å². The summed E-state index contributed by atoms with van der Waals surface area (Å²) < 4.78 is 0. The van der Waals surface area contributed by atoms with Crippen molar-refractivity contribution in [2.45, 2.75) is 79.1 Å². The molecule has 0 aliphatic carbocycles. The van der Waals surface area contributed by atoms with Crippen LogP contribution in [0, 0.1) is 5.41 Å². The highest BCUT2D eigenvalue weighted by molar-refractivity contribution is 5.54. The number of unbranched alkanes of at least 4 members (excludes halogenated alkanes) is 6. The van der Waals surface area contributed by atoms with Crippen molar-refractivity contribution in [3.8, 4) is 0 Å². The number of carbonyl (C=O) groups excluding carboxylic acids is 1. The Balaban J connectivity index is 3.55. The molecule has 0 heterocycles. The Labute approximate surface area is 101 Å². The van der Waals surface area contributed by atoms with E-state index >= 15 is 0 Å². The minimum atomic E-state index is 0.00393. The second kappa shape index (κ2) is 8.58. The van der Waals surface area contributed by atoms with Crippen LogP contribution in [0.25, 0.3) is 0 Å². The van der Waals surface area contributed by atoms with Gasteiger partial charge in [-0.1, -0.05) is 66.2 Å². The molecule has 0 radical (unpaired) electrons. The minimum absolute atomic E-state index is 0.00393. The summed E-state index contributed by atoms with van der Waals surface area (Å²) in [4.78, 5) is 10.8. The summed E-state index contributed by atoms with van der Waals surface area (Å²) in [5.41, 5.74) is 0.949. The largest absolute Gasteiger partial charge is 0.234 e. The van der Waals surface area contributed by atoms with Gasteiger partial charge in [0, 0.05) is 5.57 Å². The standard InChI is InChI=1S/C15H28O/c1-5-6-7-8-9-10-11-12-14(13-16)15(2,3)4/h5-12H2,1-4H3. The minimum Gasteiger partial charge on any atom is -0.234 e. The molecule has 1 heteroatoms. The molecule has 94 valence electrons. The van der Waals surface area contributed by atoms with Gasteiger partial charge in [0.2, 0.25) is 0 Å². The van der Waals surface area contributed by atoms with E-state index in [2.05, 4.69) is 33.6 Å². The highest BCUT2D eigenvalue weighted by Crippen LogP contribution is 2.27. The first-order valence-electron chi connectivity index (χ1n) is 6.76. The smallest absolute Gasteiger partial charge is 0.124 e. The Hall–Kier alpha value is -0.550. The molecule has 0 aliphatic rings. The van der Waals surface area contributed by atoms with Crippen molar-refractivity contribution in [3.63, 3.8) is 0 Å². The Morgan fingerprint density at radius 1 is 0.938 bits per heavy atom. The molecule has 0 N–H and O–H groups in total. The predicted octanol–water partition coefficient (Wildman–Crippen LogP) is 4.93. The Morgan fingerprint density at radius 3 is 1.88 bits per heavy atom. The first-order valence-corrected chi connectivity index (χ1v) is 6.76. The van der Waals surface area contributed by atoms with Gasteiger partial charge in [0.25, 0.3) is 0 Å². The van der Waals surface area contributed by atoms with Gasteiger partial charge in [0.1, 0.15) is 5.94 Å². The van der Waals surface area contributed by atoms with Crippen LogP contribution in [0.4, 0.5) is 0 Å². The van der Waals surface area contributed by atoms with Gasteiger partial charge >= 0.3 is 0 Å². The molecule has 0 unspecified atom stereocenters. The normalized spacial score (nSPS) is 11.2. The molecule has 0 fully saturated rings. The first kappa shape index (κ1) is 15.4. The zero-order valence-corrected chi connectivity index (χ0v) is 11.6. The van der Waals surface area contributed by atoms with Gasteiger partial charge in [-0.15, -0.1) is 0 Å². The summed E-state index contributed by atoms with van der Waals surface area (Å²) in [6, 6.07) is 0. The molecule has 0 saturated carbocycles. The topological polar surface area (TPSA) is 17.1 Å². The summed E-state index contributed by atoms with van der Waals surface area (Å²) >= 11 is 0. The van der Waals surface area contributed by atoms with E-state index in [-0.39, 0.29) is 5.41 Å². The molecule has 0 amide bonds. The van der Waals surface area contributed by atoms with Crippen LogP contribution in [0.2, 0.25) is 0 Å². The second-order valence-corrected chi connectivity index (χ2v) is 5.70. The number of rotatable bonds is 8. The maximum atomic E-state index is 10.8. The van der Waals surface area contributed by atoms with E-state index in [4.69, 9.17) is 0 Å². The van der Waals surface area contributed by atoms with Crippen molar-refractivity contribution in [1.82, 2.24) is 0 Å². The maximum absolute atomic E-state index is 10.8. The fraction of sp³-hybridized carbons (Fsp3) is 0.867. The Kier molecular flexibility index (Phi) is 8.29. The van der Waals surface area contributed by atoms with Crippen molar-refractivity contribution in [1.29, 1.82) is 0 Å². The van der Waals surface area contributed by atoms with Gasteiger partial charge in [-0.2, -0.15) is 0 Å². The molecule has 16 heavy (non-hydrogen) atoms. The molecule has 0 saturated heterocycles. The van der Waals surface area contributed by atoms with E-state index in [9.17, 15) is 4.79 Å². The summed E-state index contributed by atoms with van der Waals surface area (Å²) in [5, 5.41) is 0. The zero-order valence-electron chi connectivity index (χ0n) is 11.6. The maximum Gasteiger partial charge on any atom is 0.124 e. The molecule has 0 aliphatic heterocycles. The molecule has 0 bridgehead atoms. The zero-order chi connectivity index (χ0) is 12.4. The third-order valence-corrected chi connectivity index (χ3v) is 3.06. The van der Waals surface area contributed by atoms with Gasteiger partial charge in [-0.05, 0) is 18.3 Å². The van der Waals surface area contributed by atoms with Gasteiger partial charge in [0.15, 0.2) is 0 Å². The lowest BCUT2D eigenvalue weighted by molar-refractivity contribution is 0.466. The van der Waals surface area contributed by atoms with Gasteiger partial charge in [0.05, 0.1) is 0 Å². The Morgan fingerprint density at radius 2 is 1.44 bits per heavy atom. The molecular weight excluding hydrogens is 196 g/mol. The van der Waals surface area contributed by atoms with Gasteiger partial charge in [-0.25, -0.2) is 4.79 Å². The first-order chi connectivity index (χ1) is 7.52. The molecular formula is C15H28O. The number of hydrogen-bond acceptors (Lipinski definition) is 1. The molecule has 0 aromatic rings. The lowest BCUT2D eigenvalue weighted by atomic mass is 9.84. The molecule has 0 aromatic carbocycles. The fourth-order valence-electron chi connectivity index (χ4n) is 1.84. The third kappa shape index (κ3) is 7.70. The summed E-state index contributed by atoms with van der Waals surface area (Å²) in [6.45, 7) is 8.52.